The number of rotatable bonds is 9. The monoisotopic (exact) mass is 611 g/mol. The minimum atomic E-state index is -1.31. The maximum absolute atomic E-state index is 12.7. The van der Waals surface area contributed by atoms with Crippen molar-refractivity contribution in [1.29, 1.82) is 0 Å². The van der Waals surface area contributed by atoms with Crippen LogP contribution in [0.15, 0.2) is 35.0 Å². The van der Waals surface area contributed by atoms with Gasteiger partial charge in [0.1, 0.15) is 11.8 Å². The molecule has 0 aliphatic heterocycles. The lowest BCUT2D eigenvalue weighted by Gasteiger charge is -2.58. The Balaban J connectivity index is 1.19. The molecule has 4 aliphatic carbocycles. The summed E-state index contributed by atoms with van der Waals surface area (Å²) in [7, 11) is 1.20. The molecule has 1 aromatic rings. The molecule has 0 bridgehead atoms. The fourth-order valence-electron chi connectivity index (χ4n) is 9.17. The summed E-state index contributed by atoms with van der Waals surface area (Å²) in [6, 6.07) is 2.88. The summed E-state index contributed by atoms with van der Waals surface area (Å²) < 4.78 is 4.82. The number of aromatic hydroxyl groups is 1. The molecule has 0 radical (unpaired) electrons. The van der Waals surface area contributed by atoms with Gasteiger partial charge in [-0.25, -0.2) is 10.0 Å². The second-order valence-electron chi connectivity index (χ2n) is 13.6. The van der Waals surface area contributed by atoms with E-state index in [1.165, 1.54) is 30.9 Å². The zero-order chi connectivity index (χ0) is 31.8. The topological polar surface area (TPSA) is 162 Å². The average molecular weight is 612 g/mol. The second kappa shape index (κ2) is 12.6. The lowest BCUT2D eigenvalue weighted by atomic mass is 9.46. The van der Waals surface area contributed by atoms with E-state index in [2.05, 4.69) is 30.4 Å². The molecule has 3 saturated carbocycles. The van der Waals surface area contributed by atoms with Gasteiger partial charge in [-0.1, -0.05) is 30.6 Å². The number of carbonyl (C=O) groups excluding carboxylic acids is 3. The molecule has 44 heavy (non-hydrogen) atoms. The number of quaternary nitrogens is 1. The molecular weight excluding hydrogens is 566 g/mol. The van der Waals surface area contributed by atoms with Crippen molar-refractivity contribution < 1.29 is 39.5 Å². The van der Waals surface area contributed by atoms with Gasteiger partial charge < -0.3 is 25.2 Å². The van der Waals surface area contributed by atoms with Gasteiger partial charge in [-0.05, 0) is 105 Å². The van der Waals surface area contributed by atoms with E-state index in [0.29, 0.717) is 29.1 Å². The van der Waals surface area contributed by atoms with Crippen molar-refractivity contribution in [1.82, 2.24) is 5.32 Å². The maximum Gasteiger partial charge on any atom is 0.328 e. The predicted octanol–water partition coefficient (Wildman–Crippen LogP) is 3.54. The smallest absolute Gasteiger partial charge is 0.328 e. The van der Waals surface area contributed by atoms with Crippen molar-refractivity contribution in [3.05, 3.63) is 40.6 Å². The molecule has 0 saturated heterocycles. The van der Waals surface area contributed by atoms with E-state index in [1.807, 2.05) is 0 Å². The Hall–Kier alpha value is -3.28. The van der Waals surface area contributed by atoms with Crippen molar-refractivity contribution in [3.8, 4) is 5.75 Å². The Bertz CT molecular complexity index is 1360. The summed E-state index contributed by atoms with van der Waals surface area (Å²) in [4.78, 5) is 42.9. The summed E-state index contributed by atoms with van der Waals surface area (Å²) >= 11 is 0. The van der Waals surface area contributed by atoms with Crippen LogP contribution in [0.2, 0.25) is 0 Å². The van der Waals surface area contributed by atoms with Crippen molar-refractivity contribution in [2.75, 3.05) is 13.7 Å². The highest BCUT2D eigenvalue weighted by Gasteiger charge is 2.59. The average Bonchev–Trinajstić information content (AvgIpc) is 3.35. The van der Waals surface area contributed by atoms with Gasteiger partial charge in [0.2, 0.25) is 5.69 Å². The zero-order valence-electron chi connectivity index (χ0n) is 26.1. The maximum atomic E-state index is 12.7. The van der Waals surface area contributed by atoms with Crippen LogP contribution in [0, 0.1) is 39.7 Å². The van der Waals surface area contributed by atoms with Gasteiger partial charge in [0, 0.05) is 18.4 Å². The van der Waals surface area contributed by atoms with Crippen LogP contribution in [0.3, 0.4) is 0 Å². The van der Waals surface area contributed by atoms with Gasteiger partial charge in [0.15, 0.2) is 12.4 Å². The lowest BCUT2D eigenvalue weighted by Crippen LogP contribution is -2.99. The molecule has 0 heterocycles. The number of hydrogen-bond donors (Lipinski definition) is 4. The number of fused-ring (bicyclic) bond motifs is 5. The van der Waals surface area contributed by atoms with Crippen LogP contribution in [-0.2, 0) is 30.4 Å². The van der Waals surface area contributed by atoms with Crippen molar-refractivity contribution in [3.63, 3.8) is 0 Å². The molecule has 11 nitrogen and oxygen atoms in total. The van der Waals surface area contributed by atoms with E-state index in [0.717, 1.165) is 57.1 Å². The largest absolute Gasteiger partial charge is 0.595 e. The molecule has 1 amide bonds. The van der Waals surface area contributed by atoms with Gasteiger partial charge >= 0.3 is 5.97 Å². The Morgan fingerprint density at radius 3 is 2.61 bits per heavy atom. The molecule has 11 heteroatoms. The number of oxime groups is 1. The number of nitrogens with one attached hydrogen (secondary N) is 2. The van der Waals surface area contributed by atoms with Crippen molar-refractivity contribution in [2.45, 2.75) is 84.6 Å². The minimum absolute atomic E-state index is 0.0320. The lowest BCUT2D eigenvalue weighted by molar-refractivity contribution is -0.991. The number of ether oxygens (including phenoxy) is 1. The predicted molar refractivity (Wildman–Crippen MR) is 161 cm³/mol. The third kappa shape index (κ3) is 6.01. The van der Waals surface area contributed by atoms with Crippen LogP contribution in [0.1, 0.15) is 77.7 Å². The van der Waals surface area contributed by atoms with E-state index < -0.39 is 35.5 Å². The molecule has 0 aromatic heterocycles. The standard InChI is InChI=1S/C33H45N3O8/c1-19(37)24-8-9-25-23-7-6-21-17-22(11-13-32(21,2)26(23)12-14-33(24,25)3)35-44-18-30(39)34-27(31(40)43-4)15-20-5-10-29(38)28(16-20)36(41)42/h5,10,16-17,23-27,36,38,41H,6-9,11-15,18H2,1-4H3,(H,34,39). The minimum Gasteiger partial charge on any atom is -0.595 e. The molecule has 4 N–H and O–H groups in total. The molecule has 4 aliphatic rings. The van der Waals surface area contributed by atoms with Gasteiger partial charge in [0.05, 0.1) is 12.8 Å². The quantitative estimate of drug-likeness (QED) is 0.187. The van der Waals surface area contributed by atoms with Crippen LogP contribution >= 0.6 is 0 Å². The first-order chi connectivity index (χ1) is 20.9. The summed E-state index contributed by atoms with van der Waals surface area (Å²) in [6.45, 7) is 6.15. The summed E-state index contributed by atoms with van der Waals surface area (Å²) in [5.41, 5.74) is 2.58. The van der Waals surface area contributed by atoms with E-state index in [1.54, 1.807) is 6.92 Å². The van der Waals surface area contributed by atoms with E-state index in [-0.39, 0.29) is 28.9 Å². The normalized spacial score (nSPS) is 33.2. The fraction of sp³-hybridized carbons (Fsp3) is 0.636. The molecular formula is C33H45N3O8. The number of methoxy groups -OCH3 is 1. The molecule has 240 valence electrons. The van der Waals surface area contributed by atoms with Crippen molar-refractivity contribution >= 4 is 29.1 Å². The second-order valence-corrected chi connectivity index (χ2v) is 13.6. The number of benzene rings is 1. The zero-order valence-corrected chi connectivity index (χ0v) is 26.1. The number of carbonyl (C=O) groups is 3. The van der Waals surface area contributed by atoms with Crippen LogP contribution < -0.4 is 10.5 Å². The van der Waals surface area contributed by atoms with Gasteiger partial charge in [0.25, 0.3) is 5.91 Å². The first kappa shape index (κ1) is 32.1. The van der Waals surface area contributed by atoms with Crippen LogP contribution in [-0.4, -0.2) is 53.4 Å². The molecule has 0 spiro atoms. The first-order valence-electron chi connectivity index (χ1n) is 15.7. The molecule has 3 fully saturated rings. The number of nitrogens with zero attached hydrogens (tertiary/aromatic N) is 1. The Morgan fingerprint density at radius 1 is 1.14 bits per heavy atom. The number of hydrogen-bond acceptors (Lipinski definition) is 9. The summed E-state index contributed by atoms with van der Waals surface area (Å²) in [5.74, 6) is 0.785. The number of Topliss-reactive ketones (excluding diaryl/α,β-unsaturated/α-hetero) is 1. The summed E-state index contributed by atoms with van der Waals surface area (Å²) in [6.07, 6.45) is 10.5. The Kier molecular flexibility index (Phi) is 9.21. The molecule has 5 rings (SSSR count). The van der Waals surface area contributed by atoms with Gasteiger partial charge in [-0.3, -0.25) is 9.59 Å². The van der Waals surface area contributed by atoms with Crippen molar-refractivity contribution in [2.24, 2.45) is 39.7 Å². The van der Waals surface area contributed by atoms with Crippen LogP contribution in [0.5, 0.6) is 5.75 Å². The van der Waals surface area contributed by atoms with E-state index in [9.17, 15) is 29.9 Å². The summed E-state index contributed by atoms with van der Waals surface area (Å²) in [5, 5.41) is 35.9. The number of phenols is 1. The van der Waals surface area contributed by atoms with Gasteiger partial charge in [-0.2, -0.15) is 5.23 Å². The molecule has 1 aromatic carbocycles. The highest BCUT2D eigenvalue weighted by atomic mass is 16.8. The Morgan fingerprint density at radius 2 is 1.91 bits per heavy atom. The Labute approximate surface area is 258 Å². The van der Waals surface area contributed by atoms with E-state index in [4.69, 9.17) is 9.57 Å². The number of phenolic OH excluding ortho intramolecular Hbond substituents is 1. The highest BCUT2D eigenvalue weighted by molar-refractivity contribution is 5.96. The van der Waals surface area contributed by atoms with Gasteiger partial charge in [-0.15, -0.1) is 0 Å². The SMILES string of the molecule is COC(=O)C(Cc1ccc(O)c([NH+]([O-])O)c1)NC(=O)CON=C1C=C2CCC3C(CCC4(C)C(C(C)=O)CCC34)C2(C)CC1. The number of amides is 1. The van der Waals surface area contributed by atoms with E-state index >= 15 is 0 Å². The number of allylic oxidation sites excluding steroid dienone is 2. The number of ketones is 1. The van der Waals surface area contributed by atoms with Crippen LogP contribution in [0.25, 0.3) is 0 Å². The highest BCUT2D eigenvalue weighted by Crippen LogP contribution is 2.66. The number of esters is 1. The third-order valence-corrected chi connectivity index (χ3v) is 11.4. The third-order valence-electron chi connectivity index (χ3n) is 11.4. The fourth-order valence-corrected chi connectivity index (χ4v) is 9.17. The molecule has 8 atom stereocenters. The molecule has 8 unspecified atom stereocenters. The first-order valence-corrected chi connectivity index (χ1v) is 15.7. The van der Waals surface area contributed by atoms with Crippen LogP contribution in [0.4, 0.5) is 5.69 Å².